The number of hydrogen-bond acceptors (Lipinski definition) is 2. The van der Waals surface area contributed by atoms with E-state index in [9.17, 15) is 4.39 Å². The molecule has 1 heterocycles. The fourth-order valence-corrected chi connectivity index (χ4v) is 2.75. The lowest BCUT2D eigenvalue weighted by molar-refractivity contribution is 0.629. The summed E-state index contributed by atoms with van der Waals surface area (Å²) in [5, 5.41) is 0.755. The van der Waals surface area contributed by atoms with Crippen LogP contribution >= 0.6 is 34.8 Å². The topological polar surface area (TPSA) is 43.8 Å². The number of rotatable bonds is 1. The zero-order valence-corrected chi connectivity index (χ0v) is 12.1. The lowest BCUT2D eigenvalue weighted by Gasteiger charge is -2.10. The number of nitrogen functional groups attached to an aromatic ring is 1. The maximum absolute atomic E-state index is 13.7. The van der Waals surface area contributed by atoms with Crippen molar-refractivity contribution in [3.8, 4) is 5.69 Å². The molecule has 0 atom stereocenters. The van der Waals surface area contributed by atoms with Crippen LogP contribution in [0.2, 0.25) is 15.1 Å². The fraction of sp³-hybridized carbons (Fsp3) is 0. The van der Waals surface area contributed by atoms with E-state index in [2.05, 4.69) is 4.98 Å². The summed E-state index contributed by atoms with van der Waals surface area (Å²) in [7, 11) is 0. The molecule has 0 radical (unpaired) electrons. The third kappa shape index (κ3) is 2.00. The van der Waals surface area contributed by atoms with E-state index in [-0.39, 0.29) is 11.0 Å². The molecule has 0 bridgehead atoms. The first-order valence-corrected chi connectivity index (χ1v) is 6.70. The Morgan fingerprint density at radius 2 is 1.70 bits per heavy atom. The molecule has 3 aromatic rings. The molecule has 20 heavy (non-hydrogen) atoms. The Kier molecular flexibility index (Phi) is 3.24. The summed E-state index contributed by atoms with van der Waals surface area (Å²) < 4.78 is 15.2. The smallest absolute Gasteiger partial charge is 0.206 e. The Labute approximate surface area is 128 Å². The molecule has 0 saturated carbocycles. The molecule has 2 N–H and O–H groups in total. The molecule has 0 unspecified atom stereocenters. The Hall–Kier alpha value is -1.49. The predicted octanol–water partition coefficient (Wildman–Crippen LogP) is 4.71. The first-order valence-electron chi connectivity index (χ1n) is 5.56. The van der Waals surface area contributed by atoms with E-state index in [1.165, 1.54) is 16.7 Å². The minimum atomic E-state index is -0.566. The molecule has 0 aliphatic heterocycles. The fourth-order valence-electron chi connectivity index (χ4n) is 2.03. The number of nitrogens with zero attached hydrogens (tertiary/aromatic N) is 2. The van der Waals surface area contributed by atoms with Gasteiger partial charge in [0.1, 0.15) is 5.82 Å². The summed E-state index contributed by atoms with van der Waals surface area (Å²) in [6.45, 7) is 0. The second-order valence-corrected chi connectivity index (χ2v) is 5.35. The van der Waals surface area contributed by atoms with Crippen LogP contribution < -0.4 is 5.73 Å². The van der Waals surface area contributed by atoms with Gasteiger partial charge in [0.25, 0.3) is 0 Å². The number of benzene rings is 2. The van der Waals surface area contributed by atoms with Gasteiger partial charge in [-0.1, -0.05) is 40.9 Å². The number of nitrogens with two attached hydrogens (primary N) is 1. The van der Waals surface area contributed by atoms with Gasteiger partial charge in [-0.05, 0) is 18.2 Å². The Balaban J connectivity index is 2.42. The highest BCUT2D eigenvalue weighted by atomic mass is 35.5. The average Bonchev–Trinajstić information content (AvgIpc) is 2.67. The minimum Gasteiger partial charge on any atom is -0.369 e. The predicted molar refractivity (Wildman–Crippen MR) is 80.5 cm³/mol. The monoisotopic (exact) mass is 329 g/mol. The summed E-state index contributed by atoms with van der Waals surface area (Å²) in [6, 6.07) is 7.70. The van der Waals surface area contributed by atoms with Crippen molar-refractivity contribution >= 4 is 51.8 Å². The van der Waals surface area contributed by atoms with Gasteiger partial charge >= 0.3 is 0 Å². The number of aromatic nitrogens is 2. The maximum atomic E-state index is 13.7. The lowest BCUT2D eigenvalue weighted by Crippen LogP contribution is -2.02. The van der Waals surface area contributed by atoms with Crippen molar-refractivity contribution in [3.63, 3.8) is 0 Å². The number of fused-ring (bicyclic) bond motifs is 1. The second kappa shape index (κ2) is 4.81. The van der Waals surface area contributed by atoms with Crippen LogP contribution in [0, 0.1) is 5.82 Å². The Morgan fingerprint density at radius 1 is 1.05 bits per heavy atom. The molecule has 1 aromatic heterocycles. The van der Waals surface area contributed by atoms with Gasteiger partial charge in [-0.3, -0.25) is 4.57 Å². The largest absolute Gasteiger partial charge is 0.369 e. The molecule has 0 aliphatic rings. The van der Waals surface area contributed by atoms with Gasteiger partial charge in [-0.25, -0.2) is 9.37 Å². The van der Waals surface area contributed by atoms with Crippen LogP contribution in [-0.4, -0.2) is 9.55 Å². The van der Waals surface area contributed by atoms with Gasteiger partial charge in [0, 0.05) is 6.07 Å². The second-order valence-electron chi connectivity index (χ2n) is 4.13. The van der Waals surface area contributed by atoms with E-state index in [0.717, 1.165) is 0 Å². The lowest BCUT2D eigenvalue weighted by atomic mass is 10.2. The van der Waals surface area contributed by atoms with E-state index in [1.54, 1.807) is 18.2 Å². The molecule has 0 aliphatic carbocycles. The van der Waals surface area contributed by atoms with Crippen molar-refractivity contribution in [2.24, 2.45) is 0 Å². The van der Waals surface area contributed by atoms with E-state index in [0.29, 0.717) is 26.8 Å². The van der Waals surface area contributed by atoms with Crippen LogP contribution in [0.3, 0.4) is 0 Å². The molecule has 0 amide bonds. The van der Waals surface area contributed by atoms with Gasteiger partial charge in [-0.2, -0.15) is 0 Å². The summed E-state index contributed by atoms with van der Waals surface area (Å²) in [5.74, 6) is -0.417. The number of para-hydroxylation sites is 1. The van der Waals surface area contributed by atoms with Gasteiger partial charge in [0.15, 0.2) is 0 Å². The summed E-state index contributed by atoms with van der Waals surface area (Å²) in [5.41, 5.74) is 7.26. The van der Waals surface area contributed by atoms with Gasteiger partial charge in [-0.15, -0.1) is 0 Å². The van der Waals surface area contributed by atoms with Crippen LogP contribution in [-0.2, 0) is 0 Å². The SMILES string of the molecule is Nc1nc2cc(Cl)c(F)cc2n1-c1c(Cl)cccc1Cl. The van der Waals surface area contributed by atoms with Crippen molar-refractivity contribution in [2.75, 3.05) is 5.73 Å². The van der Waals surface area contributed by atoms with Crippen LogP contribution in [0.1, 0.15) is 0 Å². The standard InChI is InChI=1S/C13H7Cl3FN3/c14-6-2-1-3-7(15)12(6)20-11-5-9(17)8(16)4-10(11)19-13(20)18/h1-5H,(H2,18,19). The molecule has 3 nitrogen and oxygen atoms in total. The van der Waals surface area contributed by atoms with Crippen LogP contribution in [0.15, 0.2) is 30.3 Å². The van der Waals surface area contributed by atoms with Crippen LogP contribution in [0.5, 0.6) is 0 Å². The molecular formula is C13H7Cl3FN3. The van der Waals surface area contributed by atoms with Gasteiger partial charge in [0.2, 0.25) is 5.95 Å². The average molecular weight is 331 g/mol. The van der Waals surface area contributed by atoms with Crippen molar-refractivity contribution in [1.82, 2.24) is 9.55 Å². The third-order valence-electron chi connectivity index (χ3n) is 2.88. The number of halogens is 4. The third-order valence-corrected chi connectivity index (χ3v) is 3.78. The molecule has 0 spiro atoms. The first kappa shape index (κ1) is 13.5. The highest BCUT2D eigenvalue weighted by molar-refractivity contribution is 6.38. The molecule has 0 saturated heterocycles. The summed E-state index contributed by atoms with van der Waals surface area (Å²) in [4.78, 5) is 4.15. The zero-order valence-electron chi connectivity index (χ0n) is 9.87. The van der Waals surface area contributed by atoms with Gasteiger partial charge < -0.3 is 5.73 Å². The number of anilines is 1. The maximum Gasteiger partial charge on any atom is 0.206 e. The van der Waals surface area contributed by atoms with Crippen molar-refractivity contribution in [3.05, 3.63) is 51.2 Å². The first-order chi connectivity index (χ1) is 9.49. The van der Waals surface area contributed by atoms with E-state index < -0.39 is 5.82 Å². The van der Waals surface area contributed by atoms with E-state index in [1.807, 2.05) is 0 Å². The number of hydrogen-bond donors (Lipinski definition) is 1. The van der Waals surface area contributed by atoms with Crippen LogP contribution in [0.25, 0.3) is 16.7 Å². The molecule has 2 aromatic carbocycles. The molecule has 0 fully saturated rings. The Morgan fingerprint density at radius 3 is 2.35 bits per heavy atom. The molecule has 3 rings (SSSR count). The van der Waals surface area contributed by atoms with E-state index in [4.69, 9.17) is 40.5 Å². The van der Waals surface area contributed by atoms with Gasteiger partial charge in [0.05, 0.1) is 31.8 Å². The van der Waals surface area contributed by atoms with E-state index >= 15 is 0 Å². The summed E-state index contributed by atoms with van der Waals surface area (Å²) in [6.07, 6.45) is 0. The van der Waals surface area contributed by atoms with Crippen molar-refractivity contribution < 1.29 is 4.39 Å². The molecule has 102 valence electrons. The zero-order chi connectivity index (χ0) is 14.4. The minimum absolute atomic E-state index is 0.0209. The highest BCUT2D eigenvalue weighted by Crippen LogP contribution is 2.34. The molecular weight excluding hydrogens is 324 g/mol. The Bertz CT molecular complexity index is 809. The van der Waals surface area contributed by atoms with Crippen molar-refractivity contribution in [1.29, 1.82) is 0 Å². The number of imidazole rings is 1. The van der Waals surface area contributed by atoms with Crippen LogP contribution in [0.4, 0.5) is 10.3 Å². The quantitative estimate of drug-likeness (QED) is 0.702. The highest BCUT2D eigenvalue weighted by Gasteiger charge is 2.17. The van der Waals surface area contributed by atoms with Crippen molar-refractivity contribution in [2.45, 2.75) is 0 Å². The molecule has 7 heteroatoms. The summed E-state index contributed by atoms with van der Waals surface area (Å²) >= 11 is 18.1. The normalized spacial score (nSPS) is 11.2.